The number of esters is 3. The third-order valence-electron chi connectivity index (χ3n) is 10.8. The molecule has 6 nitrogen and oxygen atoms in total. The standard InChI is InChI=1S/C47H90O6/c1-6-8-9-10-11-12-13-14-15-16-17-22-29-34-39-47(50)53-44(41-52-46(49)38-33-28-24-23-26-31-36-43(5)7-2)40-51-45(48)37-32-27-21-19-18-20-25-30-35-42(3)4/h42-44H,6-41H2,1-5H3/t43?,44-/m0/s1. The minimum Gasteiger partial charge on any atom is -0.462 e. The quantitative estimate of drug-likeness (QED) is 0.0352. The van der Waals surface area contributed by atoms with Gasteiger partial charge in [0.15, 0.2) is 6.10 Å². The highest BCUT2D eigenvalue weighted by atomic mass is 16.6. The van der Waals surface area contributed by atoms with E-state index in [0.29, 0.717) is 19.3 Å². The normalized spacial score (nSPS) is 12.6. The summed E-state index contributed by atoms with van der Waals surface area (Å²) in [6.45, 7) is 11.3. The van der Waals surface area contributed by atoms with Gasteiger partial charge in [-0.05, 0) is 31.1 Å². The first-order chi connectivity index (χ1) is 25.8. The van der Waals surface area contributed by atoms with Gasteiger partial charge in [-0.1, -0.05) is 214 Å². The van der Waals surface area contributed by atoms with E-state index in [2.05, 4.69) is 34.6 Å². The van der Waals surface area contributed by atoms with Crippen molar-refractivity contribution in [2.75, 3.05) is 13.2 Å². The Labute approximate surface area is 329 Å². The maximum atomic E-state index is 12.7. The Balaban J connectivity index is 4.34. The van der Waals surface area contributed by atoms with E-state index in [-0.39, 0.29) is 31.1 Å². The molecule has 0 saturated heterocycles. The molecular formula is C47H90O6. The van der Waals surface area contributed by atoms with Crippen molar-refractivity contribution < 1.29 is 28.6 Å². The second kappa shape index (κ2) is 40.1. The summed E-state index contributed by atoms with van der Waals surface area (Å²) in [7, 11) is 0. The third-order valence-corrected chi connectivity index (χ3v) is 10.8. The van der Waals surface area contributed by atoms with Crippen LogP contribution in [0.3, 0.4) is 0 Å². The number of unbranched alkanes of at least 4 members (excludes halogenated alkanes) is 25. The van der Waals surface area contributed by atoms with Crippen molar-refractivity contribution in [2.24, 2.45) is 11.8 Å². The SMILES string of the molecule is CCCCCCCCCCCCCCCCC(=O)O[C@@H](COC(=O)CCCCCCCCCCC(C)C)COC(=O)CCCCCCCCC(C)CC. The van der Waals surface area contributed by atoms with Gasteiger partial charge in [-0.15, -0.1) is 0 Å². The van der Waals surface area contributed by atoms with Gasteiger partial charge in [0.25, 0.3) is 0 Å². The molecule has 0 bridgehead atoms. The van der Waals surface area contributed by atoms with Crippen molar-refractivity contribution >= 4 is 17.9 Å². The van der Waals surface area contributed by atoms with E-state index in [1.165, 1.54) is 141 Å². The van der Waals surface area contributed by atoms with Crippen LogP contribution < -0.4 is 0 Å². The lowest BCUT2D eigenvalue weighted by Crippen LogP contribution is -2.30. The fraction of sp³-hybridized carbons (Fsp3) is 0.936. The summed E-state index contributed by atoms with van der Waals surface area (Å²) >= 11 is 0. The zero-order valence-corrected chi connectivity index (χ0v) is 36.1. The molecule has 53 heavy (non-hydrogen) atoms. The second-order valence-electron chi connectivity index (χ2n) is 16.8. The molecule has 0 aliphatic carbocycles. The maximum Gasteiger partial charge on any atom is 0.306 e. The van der Waals surface area contributed by atoms with E-state index >= 15 is 0 Å². The van der Waals surface area contributed by atoms with Gasteiger partial charge in [0.05, 0.1) is 0 Å². The molecule has 0 amide bonds. The summed E-state index contributed by atoms with van der Waals surface area (Å²) in [5.74, 6) is 0.751. The molecule has 0 heterocycles. The average Bonchev–Trinajstić information content (AvgIpc) is 3.14. The molecule has 0 N–H and O–H groups in total. The molecule has 0 aromatic rings. The van der Waals surface area contributed by atoms with Crippen LogP contribution in [-0.4, -0.2) is 37.2 Å². The summed E-state index contributed by atoms with van der Waals surface area (Å²) in [4.78, 5) is 37.7. The zero-order chi connectivity index (χ0) is 39.0. The van der Waals surface area contributed by atoms with E-state index in [1.807, 2.05) is 0 Å². The lowest BCUT2D eigenvalue weighted by atomic mass is 10.00. The number of hydrogen-bond acceptors (Lipinski definition) is 6. The Morgan fingerprint density at radius 3 is 1.08 bits per heavy atom. The molecule has 6 heteroatoms. The Morgan fingerprint density at radius 2 is 0.717 bits per heavy atom. The number of rotatable bonds is 41. The predicted octanol–water partition coefficient (Wildman–Crippen LogP) is 14.6. The summed E-state index contributed by atoms with van der Waals surface area (Å²) in [6, 6.07) is 0. The van der Waals surface area contributed by atoms with E-state index in [1.54, 1.807) is 0 Å². The Hall–Kier alpha value is -1.59. The molecule has 0 radical (unpaired) electrons. The lowest BCUT2D eigenvalue weighted by Gasteiger charge is -2.18. The molecule has 0 saturated carbocycles. The Kier molecular flexibility index (Phi) is 38.9. The summed E-state index contributed by atoms with van der Waals surface area (Å²) in [5, 5.41) is 0. The fourth-order valence-corrected chi connectivity index (χ4v) is 6.90. The molecule has 0 fully saturated rings. The molecule has 0 aliphatic heterocycles. The molecule has 0 aromatic heterocycles. The van der Waals surface area contributed by atoms with Crippen molar-refractivity contribution in [1.29, 1.82) is 0 Å². The van der Waals surface area contributed by atoms with Crippen molar-refractivity contribution in [3.05, 3.63) is 0 Å². The molecule has 0 spiro atoms. The first-order valence-electron chi connectivity index (χ1n) is 23.3. The third kappa shape index (κ3) is 39.9. The van der Waals surface area contributed by atoms with E-state index < -0.39 is 6.10 Å². The number of ether oxygens (including phenoxy) is 3. The van der Waals surface area contributed by atoms with Crippen LogP contribution in [0.15, 0.2) is 0 Å². The van der Waals surface area contributed by atoms with Crippen LogP contribution in [0.25, 0.3) is 0 Å². The highest BCUT2D eigenvalue weighted by Crippen LogP contribution is 2.17. The summed E-state index contributed by atoms with van der Waals surface area (Å²) in [6.07, 6.45) is 38.0. The van der Waals surface area contributed by atoms with Crippen LogP contribution in [0, 0.1) is 11.8 Å². The van der Waals surface area contributed by atoms with Gasteiger partial charge in [0.1, 0.15) is 13.2 Å². The average molecular weight is 751 g/mol. The number of carbonyl (C=O) groups is 3. The Morgan fingerprint density at radius 1 is 0.396 bits per heavy atom. The van der Waals surface area contributed by atoms with Crippen LogP contribution in [0.2, 0.25) is 0 Å². The summed E-state index contributed by atoms with van der Waals surface area (Å²) in [5.41, 5.74) is 0. The minimum absolute atomic E-state index is 0.0659. The van der Waals surface area contributed by atoms with E-state index in [0.717, 1.165) is 69.6 Å². The molecule has 1 unspecified atom stereocenters. The molecule has 2 atom stereocenters. The zero-order valence-electron chi connectivity index (χ0n) is 36.1. The molecule has 0 rings (SSSR count). The minimum atomic E-state index is -0.761. The van der Waals surface area contributed by atoms with E-state index in [4.69, 9.17) is 14.2 Å². The van der Waals surface area contributed by atoms with Crippen LogP contribution >= 0.6 is 0 Å². The lowest BCUT2D eigenvalue weighted by molar-refractivity contribution is -0.167. The van der Waals surface area contributed by atoms with Crippen LogP contribution in [0.1, 0.15) is 253 Å². The summed E-state index contributed by atoms with van der Waals surface area (Å²) < 4.78 is 16.7. The topological polar surface area (TPSA) is 78.9 Å². The monoisotopic (exact) mass is 751 g/mol. The van der Waals surface area contributed by atoms with Crippen molar-refractivity contribution in [3.8, 4) is 0 Å². The van der Waals surface area contributed by atoms with Gasteiger partial charge in [-0.3, -0.25) is 14.4 Å². The molecule has 0 aliphatic rings. The highest BCUT2D eigenvalue weighted by molar-refractivity contribution is 5.71. The van der Waals surface area contributed by atoms with Gasteiger partial charge >= 0.3 is 17.9 Å². The fourth-order valence-electron chi connectivity index (χ4n) is 6.90. The largest absolute Gasteiger partial charge is 0.462 e. The van der Waals surface area contributed by atoms with Crippen molar-refractivity contribution in [3.63, 3.8) is 0 Å². The van der Waals surface area contributed by atoms with Gasteiger partial charge in [-0.25, -0.2) is 0 Å². The van der Waals surface area contributed by atoms with Crippen LogP contribution in [0.4, 0.5) is 0 Å². The highest BCUT2D eigenvalue weighted by Gasteiger charge is 2.19. The van der Waals surface area contributed by atoms with Gasteiger partial charge < -0.3 is 14.2 Å². The number of hydrogen-bond donors (Lipinski definition) is 0. The predicted molar refractivity (Wildman–Crippen MR) is 224 cm³/mol. The molecular weight excluding hydrogens is 661 g/mol. The maximum absolute atomic E-state index is 12.7. The second-order valence-corrected chi connectivity index (χ2v) is 16.8. The van der Waals surface area contributed by atoms with Gasteiger partial charge in [0.2, 0.25) is 0 Å². The van der Waals surface area contributed by atoms with Gasteiger partial charge in [0, 0.05) is 19.3 Å². The number of carbonyl (C=O) groups excluding carboxylic acids is 3. The van der Waals surface area contributed by atoms with Gasteiger partial charge in [-0.2, -0.15) is 0 Å². The van der Waals surface area contributed by atoms with Crippen molar-refractivity contribution in [2.45, 2.75) is 259 Å². The first kappa shape index (κ1) is 51.4. The smallest absolute Gasteiger partial charge is 0.306 e. The van der Waals surface area contributed by atoms with Crippen LogP contribution in [-0.2, 0) is 28.6 Å². The molecule has 314 valence electrons. The van der Waals surface area contributed by atoms with Crippen molar-refractivity contribution in [1.82, 2.24) is 0 Å². The van der Waals surface area contributed by atoms with E-state index in [9.17, 15) is 14.4 Å². The molecule has 0 aromatic carbocycles. The first-order valence-corrected chi connectivity index (χ1v) is 23.3. The van der Waals surface area contributed by atoms with Crippen LogP contribution in [0.5, 0.6) is 0 Å². The Bertz CT molecular complexity index is 811.